The summed E-state index contributed by atoms with van der Waals surface area (Å²) in [6.07, 6.45) is 2.95. The highest BCUT2D eigenvalue weighted by Gasteiger charge is 2.32. The summed E-state index contributed by atoms with van der Waals surface area (Å²) in [4.78, 5) is 13.8. The van der Waals surface area contributed by atoms with Crippen LogP contribution in [0.25, 0.3) is 0 Å². The molecule has 2 rings (SSSR count). The number of aromatic nitrogens is 2. The van der Waals surface area contributed by atoms with E-state index in [0.717, 1.165) is 43.0 Å². The Balaban J connectivity index is 2.00. The van der Waals surface area contributed by atoms with Gasteiger partial charge >= 0.3 is 5.97 Å². The van der Waals surface area contributed by atoms with E-state index in [1.807, 2.05) is 0 Å². The molecule has 1 aliphatic heterocycles. The van der Waals surface area contributed by atoms with Gasteiger partial charge in [0.25, 0.3) is 0 Å². The summed E-state index contributed by atoms with van der Waals surface area (Å²) < 4.78 is 8.84. The van der Waals surface area contributed by atoms with Crippen molar-refractivity contribution in [2.75, 3.05) is 25.5 Å². The fraction of sp³-hybridized carbons (Fsp3) is 0.750. The Morgan fingerprint density at radius 2 is 2.47 bits per heavy atom. The van der Waals surface area contributed by atoms with Crippen molar-refractivity contribution < 1.29 is 9.53 Å². The minimum Gasteiger partial charge on any atom is -0.468 e. The highest BCUT2D eigenvalue weighted by Crippen LogP contribution is 2.25. The number of hydrogen-bond donors (Lipinski definition) is 1. The molecule has 0 amide bonds. The molecule has 1 aromatic rings. The maximum atomic E-state index is 11.7. The van der Waals surface area contributed by atoms with Gasteiger partial charge in [-0.25, -0.2) is 0 Å². The molecule has 1 fully saturated rings. The first kappa shape index (κ1) is 14.2. The van der Waals surface area contributed by atoms with Crippen LogP contribution in [0.2, 0.25) is 0 Å². The summed E-state index contributed by atoms with van der Waals surface area (Å²) >= 11 is 1.37. The molecule has 1 saturated heterocycles. The molecule has 0 saturated carbocycles. The summed E-state index contributed by atoms with van der Waals surface area (Å²) in [5.74, 6) is -0.149. The minimum atomic E-state index is -0.149. The molecule has 1 unspecified atom stereocenters. The number of nitrogens with one attached hydrogen (secondary N) is 1. The number of carbonyl (C=O) groups is 1. The molecule has 7 heteroatoms. The molecular weight excluding hydrogens is 264 g/mol. The fourth-order valence-corrected chi connectivity index (χ4v) is 2.89. The summed E-state index contributed by atoms with van der Waals surface area (Å²) in [5, 5.41) is 8.50. The third kappa shape index (κ3) is 3.42. The van der Waals surface area contributed by atoms with Gasteiger partial charge in [-0.3, -0.25) is 9.69 Å². The van der Waals surface area contributed by atoms with Crippen LogP contribution < -0.4 is 5.32 Å². The number of carbonyl (C=O) groups excluding carboxylic acids is 1. The third-order valence-corrected chi connectivity index (χ3v) is 4.01. The van der Waals surface area contributed by atoms with Crippen molar-refractivity contribution in [3.63, 3.8) is 0 Å². The van der Waals surface area contributed by atoms with E-state index in [-0.39, 0.29) is 12.0 Å². The Morgan fingerprint density at radius 1 is 1.63 bits per heavy atom. The van der Waals surface area contributed by atoms with Crippen molar-refractivity contribution >= 4 is 22.5 Å². The normalized spacial score (nSPS) is 19.6. The molecular formula is C12H20N4O2S. The van der Waals surface area contributed by atoms with Crippen LogP contribution in [0, 0.1) is 0 Å². The predicted octanol–water partition coefficient (Wildman–Crippen LogP) is 1.50. The number of methoxy groups -OCH3 is 1. The topological polar surface area (TPSA) is 67.4 Å². The lowest BCUT2D eigenvalue weighted by atomic mass is 10.2. The van der Waals surface area contributed by atoms with Crippen LogP contribution in [0.3, 0.4) is 0 Å². The Labute approximate surface area is 117 Å². The lowest BCUT2D eigenvalue weighted by Crippen LogP contribution is -2.36. The number of ether oxygens (including phenoxy) is 1. The van der Waals surface area contributed by atoms with Crippen molar-refractivity contribution in [3.05, 3.63) is 5.69 Å². The van der Waals surface area contributed by atoms with E-state index < -0.39 is 0 Å². The average Bonchev–Trinajstić information content (AvgIpc) is 3.05. The number of esters is 1. The van der Waals surface area contributed by atoms with Crippen LogP contribution in [0.15, 0.2) is 0 Å². The minimum absolute atomic E-state index is 0.134. The van der Waals surface area contributed by atoms with Crippen LogP contribution >= 0.6 is 11.5 Å². The lowest BCUT2D eigenvalue weighted by Gasteiger charge is -2.21. The second-order valence-electron chi connectivity index (χ2n) is 4.63. The van der Waals surface area contributed by atoms with Crippen LogP contribution in [0.1, 0.15) is 31.9 Å². The molecule has 0 radical (unpaired) electrons. The summed E-state index contributed by atoms with van der Waals surface area (Å²) in [7, 11) is 1.44. The molecule has 19 heavy (non-hydrogen) atoms. The van der Waals surface area contributed by atoms with E-state index in [2.05, 4.69) is 26.7 Å². The Hall–Kier alpha value is -1.21. The van der Waals surface area contributed by atoms with Crippen LogP contribution in [-0.2, 0) is 16.1 Å². The van der Waals surface area contributed by atoms with Gasteiger partial charge in [0.1, 0.15) is 16.7 Å². The van der Waals surface area contributed by atoms with Gasteiger partial charge in [-0.1, -0.05) is 11.4 Å². The maximum Gasteiger partial charge on any atom is 0.323 e. The zero-order valence-corrected chi connectivity index (χ0v) is 12.2. The van der Waals surface area contributed by atoms with Crippen LogP contribution in [-0.4, -0.2) is 46.7 Å². The molecule has 2 heterocycles. The van der Waals surface area contributed by atoms with Crippen molar-refractivity contribution in [3.8, 4) is 0 Å². The zero-order chi connectivity index (χ0) is 13.7. The Morgan fingerprint density at radius 3 is 3.21 bits per heavy atom. The smallest absolute Gasteiger partial charge is 0.323 e. The SMILES string of the molecule is CCCNc1snnc1CN1CCCC1C(=O)OC. The first-order valence-electron chi connectivity index (χ1n) is 6.63. The van der Waals surface area contributed by atoms with Crippen molar-refractivity contribution in [2.24, 2.45) is 0 Å². The second kappa shape index (κ2) is 6.81. The summed E-state index contributed by atoms with van der Waals surface area (Å²) in [6.45, 7) is 4.60. The maximum absolute atomic E-state index is 11.7. The van der Waals surface area contributed by atoms with Crippen molar-refractivity contribution in [1.82, 2.24) is 14.5 Å². The second-order valence-corrected chi connectivity index (χ2v) is 5.38. The first-order chi connectivity index (χ1) is 9.26. The zero-order valence-electron chi connectivity index (χ0n) is 11.4. The Bertz CT molecular complexity index is 424. The van der Waals surface area contributed by atoms with E-state index in [1.165, 1.54) is 18.6 Å². The Kier molecular flexibility index (Phi) is 5.09. The van der Waals surface area contributed by atoms with Gasteiger partial charge < -0.3 is 10.1 Å². The van der Waals surface area contributed by atoms with Crippen molar-refractivity contribution in [2.45, 2.75) is 38.8 Å². The predicted molar refractivity (Wildman–Crippen MR) is 74.1 cm³/mol. The number of hydrogen-bond acceptors (Lipinski definition) is 7. The fourth-order valence-electron chi connectivity index (χ4n) is 2.30. The first-order valence-corrected chi connectivity index (χ1v) is 7.40. The molecule has 1 aliphatic rings. The molecule has 1 aromatic heterocycles. The van der Waals surface area contributed by atoms with Gasteiger partial charge in [-0.15, -0.1) is 5.10 Å². The van der Waals surface area contributed by atoms with Crippen LogP contribution in [0.4, 0.5) is 5.00 Å². The number of nitrogens with zero attached hydrogens (tertiary/aromatic N) is 3. The van der Waals surface area contributed by atoms with Gasteiger partial charge in [-0.05, 0) is 25.8 Å². The highest BCUT2D eigenvalue weighted by atomic mass is 32.1. The van der Waals surface area contributed by atoms with E-state index in [0.29, 0.717) is 6.54 Å². The van der Waals surface area contributed by atoms with Gasteiger partial charge in [0.05, 0.1) is 7.11 Å². The van der Waals surface area contributed by atoms with Gasteiger partial charge in [0, 0.05) is 24.6 Å². The van der Waals surface area contributed by atoms with Gasteiger partial charge in [0.2, 0.25) is 0 Å². The number of anilines is 1. The van der Waals surface area contributed by atoms with Gasteiger partial charge in [-0.2, -0.15) is 0 Å². The van der Waals surface area contributed by atoms with E-state index >= 15 is 0 Å². The van der Waals surface area contributed by atoms with Crippen molar-refractivity contribution in [1.29, 1.82) is 0 Å². The molecule has 0 aromatic carbocycles. The highest BCUT2D eigenvalue weighted by molar-refractivity contribution is 7.10. The van der Waals surface area contributed by atoms with Crippen LogP contribution in [0.5, 0.6) is 0 Å². The molecule has 0 bridgehead atoms. The standard InChI is InChI=1S/C12H20N4O2S/c1-3-6-13-11-9(14-15-19-11)8-16-7-4-5-10(16)12(17)18-2/h10,13H,3-8H2,1-2H3. The molecule has 6 nitrogen and oxygen atoms in total. The molecule has 0 spiro atoms. The van der Waals surface area contributed by atoms with E-state index in [1.54, 1.807) is 0 Å². The number of likely N-dealkylation sites (tertiary alicyclic amines) is 1. The molecule has 0 aliphatic carbocycles. The summed E-state index contributed by atoms with van der Waals surface area (Å²) in [5.41, 5.74) is 0.925. The third-order valence-electron chi connectivity index (χ3n) is 3.28. The molecule has 1 atom stereocenters. The average molecular weight is 284 g/mol. The number of rotatable bonds is 6. The summed E-state index contributed by atoms with van der Waals surface area (Å²) in [6, 6.07) is -0.134. The van der Waals surface area contributed by atoms with Gasteiger partial charge in [0.15, 0.2) is 0 Å². The quantitative estimate of drug-likeness (QED) is 0.798. The lowest BCUT2D eigenvalue weighted by molar-refractivity contribution is -0.146. The molecule has 1 N–H and O–H groups in total. The van der Waals surface area contributed by atoms with E-state index in [9.17, 15) is 4.79 Å². The monoisotopic (exact) mass is 284 g/mol. The largest absolute Gasteiger partial charge is 0.468 e. The van der Waals surface area contributed by atoms with E-state index in [4.69, 9.17) is 4.74 Å². The molecule has 106 valence electrons.